The van der Waals surface area contributed by atoms with Crippen molar-refractivity contribution in [2.45, 2.75) is 0 Å². The average Bonchev–Trinajstić information content (AvgIpc) is 0. The molecule has 0 nitrogen and oxygen atoms in total. The molecular formula is Ar2Xe8. The van der Waals surface area contributed by atoms with Crippen LogP contribution in [0.25, 0.3) is 0 Å². The zero-order valence-corrected chi connectivity index (χ0v) is 21.1. The second kappa shape index (κ2) is 56.4. The van der Waals surface area contributed by atoms with E-state index in [-0.39, 0.29) is 467 Å². The molecule has 0 unspecified atom stereocenters. The summed E-state index contributed by atoms with van der Waals surface area (Å²) in [5.74, 6) is 0. The van der Waals surface area contributed by atoms with Gasteiger partial charge in [0.05, 0.1) is 0 Å². The second-order valence-corrected chi connectivity index (χ2v) is 0. The van der Waals surface area contributed by atoms with Crippen LogP contribution in [0.15, 0.2) is 0 Å². The molecule has 0 atom stereocenters. The fourth-order valence-electron chi connectivity index (χ4n) is 0. The fourth-order valence-corrected chi connectivity index (χ4v) is 0. The summed E-state index contributed by atoms with van der Waals surface area (Å²) in [6.07, 6.45) is 0. The van der Waals surface area contributed by atoms with E-state index in [0.717, 1.165) is 0 Å². The molecule has 10 heteroatoms. The van der Waals surface area contributed by atoms with E-state index in [2.05, 4.69) is 0 Å². The van der Waals surface area contributed by atoms with Crippen molar-refractivity contribution in [1.82, 2.24) is 0 Å². The largest absolute Gasteiger partial charge is 0 e. The van der Waals surface area contributed by atoms with Crippen molar-refractivity contribution in [2.75, 3.05) is 0 Å². The van der Waals surface area contributed by atoms with Crippen LogP contribution in [0.4, 0.5) is 0 Å². The second-order valence-electron chi connectivity index (χ2n) is 0. The van der Waals surface area contributed by atoms with Gasteiger partial charge in [0.15, 0.2) is 0 Å². The van der Waals surface area contributed by atoms with Crippen LogP contribution in [-0.4, -0.2) is 0 Å². The molecule has 0 spiro atoms. The molecule has 0 heterocycles. The van der Waals surface area contributed by atoms with Gasteiger partial charge in [0.25, 0.3) is 0 Å². The van der Waals surface area contributed by atoms with E-state index in [1.807, 2.05) is 0 Å². The maximum Gasteiger partial charge on any atom is 0 e. The van der Waals surface area contributed by atoms with Gasteiger partial charge in [-0.1, -0.05) is 0 Å². The fraction of sp³-hybridized carbons (Fsp3) is 0. The quantitative estimate of drug-likeness (QED) is 0.321. The molecular weight excluding hydrogens is 1130 g/mol. The maximum absolute atomic E-state index is 0. The minimum atomic E-state index is 0. The summed E-state index contributed by atoms with van der Waals surface area (Å²) in [7, 11) is 0. The minimum absolute atomic E-state index is 0. The molecule has 0 rings (SSSR count). The van der Waals surface area contributed by atoms with E-state index < -0.39 is 0 Å². The van der Waals surface area contributed by atoms with Gasteiger partial charge in [-0.25, -0.2) is 0 Å². The predicted octanol–water partition coefficient (Wildman–Crippen LogP) is 0. The van der Waals surface area contributed by atoms with Gasteiger partial charge in [0.1, 0.15) is 0 Å². The summed E-state index contributed by atoms with van der Waals surface area (Å²) in [5, 5.41) is 0. The van der Waals surface area contributed by atoms with Crippen LogP contribution in [0.3, 0.4) is 0 Å². The SMILES string of the molecule is [Ar].[Ar].[Xe].[Xe].[Xe].[Xe].[Xe].[Xe].[Xe].[Xe]. The first-order valence-electron chi connectivity index (χ1n) is 0. The smallest absolute Gasteiger partial charge is 0 e. The molecule has 0 saturated carbocycles. The summed E-state index contributed by atoms with van der Waals surface area (Å²) in [4.78, 5) is 0. The zero-order valence-electron chi connectivity index (χ0n) is 3.54. The summed E-state index contributed by atoms with van der Waals surface area (Å²) >= 11 is 0. The molecule has 0 aliphatic carbocycles. The normalized spacial score (nSPS) is 0. The molecule has 0 radical (unpaired) electrons. The molecule has 0 aliphatic heterocycles. The topological polar surface area (TPSA) is 0 Å². The Morgan fingerprint density at radius 1 is 0.200 bits per heavy atom. The van der Waals surface area contributed by atoms with Crippen LogP contribution in [0.5, 0.6) is 0 Å². The van der Waals surface area contributed by atoms with Crippen LogP contribution in [-0.2, 0) is 0 Å². The van der Waals surface area contributed by atoms with Crippen molar-refractivity contribution < 1.29 is 467 Å². The van der Waals surface area contributed by atoms with E-state index >= 15 is 0 Å². The first-order valence-corrected chi connectivity index (χ1v) is 0. The molecule has 0 N–H and O–H groups in total. The Bertz CT molecular complexity index is 7.22. The molecule has 0 aliphatic rings. The Balaban J connectivity index is 0. The monoisotopic (exact) mass is 1140 g/mol. The third kappa shape index (κ3) is 49.5. The first kappa shape index (κ1) is 63.9. The Morgan fingerprint density at radius 2 is 0.200 bits per heavy atom. The standard InChI is InChI=1S/2Ar.8Xe. The Labute approximate surface area is 446 Å². The van der Waals surface area contributed by atoms with Crippen LogP contribution >= 0.6 is 0 Å². The molecule has 0 bridgehead atoms. The van der Waals surface area contributed by atoms with Gasteiger partial charge in [0, 0.05) is 467 Å². The summed E-state index contributed by atoms with van der Waals surface area (Å²) in [5.41, 5.74) is 0. The third-order valence-corrected chi connectivity index (χ3v) is 0. The van der Waals surface area contributed by atoms with Gasteiger partial charge in [0.2, 0.25) is 0 Å². The summed E-state index contributed by atoms with van der Waals surface area (Å²) in [6.45, 7) is 0. The van der Waals surface area contributed by atoms with Crippen molar-refractivity contribution >= 4 is 0 Å². The minimum Gasteiger partial charge on any atom is 0 e. The maximum atomic E-state index is 0. The summed E-state index contributed by atoms with van der Waals surface area (Å²) < 4.78 is 0. The number of hydrogen-bond acceptors (Lipinski definition) is 0. The molecule has 0 aromatic rings. The van der Waals surface area contributed by atoms with Crippen molar-refractivity contribution in [3.8, 4) is 0 Å². The molecule has 80 valence electrons. The van der Waals surface area contributed by atoms with Crippen molar-refractivity contribution in [3.63, 3.8) is 0 Å². The molecule has 10 heavy (non-hydrogen) atoms. The van der Waals surface area contributed by atoms with Gasteiger partial charge in [-0.3, -0.25) is 0 Å². The Kier molecular flexibility index (Phi) is 361. The Morgan fingerprint density at radius 3 is 0.200 bits per heavy atom. The molecule has 0 amide bonds. The van der Waals surface area contributed by atoms with Gasteiger partial charge in [-0.15, -0.1) is 0 Å². The molecule has 0 aromatic heterocycles. The van der Waals surface area contributed by atoms with Gasteiger partial charge in [-0.2, -0.15) is 0 Å². The Hall–Kier alpha value is 15.1. The molecule has 0 fully saturated rings. The third-order valence-electron chi connectivity index (χ3n) is 0. The summed E-state index contributed by atoms with van der Waals surface area (Å²) in [6, 6.07) is 0. The van der Waals surface area contributed by atoms with Crippen molar-refractivity contribution in [1.29, 1.82) is 0 Å². The van der Waals surface area contributed by atoms with E-state index in [1.54, 1.807) is 0 Å². The van der Waals surface area contributed by atoms with Gasteiger partial charge < -0.3 is 0 Å². The van der Waals surface area contributed by atoms with E-state index in [4.69, 9.17) is 0 Å². The zero-order chi connectivity index (χ0) is 0. The van der Waals surface area contributed by atoms with E-state index in [1.165, 1.54) is 0 Å². The molecule has 0 saturated heterocycles. The van der Waals surface area contributed by atoms with Crippen LogP contribution in [0.1, 0.15) is 0 Å². The van der Waals surface area contributed by atoms with E-state index in [9.17, 15) is 0 Å². The number of rotatable bonds is 0. The first-order chi connectivity index (χ1) is 0. The van der Waals surface area contributed by atoms with Crippen molar-refractivity contribution in [3.05, 3.63) is 0 Å². The predicted molar refractivity (Wildman–Crippen MR) is 0 cm³/mol. The average molecular weight is 1130 g/mol. The van der Waals surface area contributed by atoms with Crippen molar-refractivity contribution in [2.24, 2.45) is 0 Å². The molecule has 0 aromatic carbocycles. The number of hydrogen-bond donors (Lipinski definition) is 0. The van der Waals surface area contributed by atoms with E-state index in [0.29, 0.717) is 0 Å². The van der Waals surface area contributed by atoms with Crippen LogP contribution in [0, 0.1) is 467 Å². The van der Waals surface area contributed by atoms with Gasteiger partial charge in [-0.05, 0) is 0 Å². The van der Waals surface area contributed by atoms with Gasteiger partial charge >= 0.3 is 0 Å². The van der Waals surface area contributed by atoms with Crippen LogP contribution in [0.2, 0.25) is 0 Å². The van der Waals surface area contributed by atoms with Crippen LogP contribution < -0.4 is 0 Å².